The van der Waals surface area contributed by atoms with Crippen molar-refractivity contribution < 1.29 is 23.5 Å². The van der Waals surface area contributed by atoms with E-state index in [-0.39, 0.29) is 29.5 Å². The standard InChI is InChI=1S/C30H35FN8O4/c1-17(13-25(40)43-30(3,4)5)26(19-7-9-21(42-6)10-8-19)37-29-23(31)15-22(27(32)41)28(38-29)36-20-14-24(18(2)33-16-20)39-34-11-12-35-39/h7-12,14-17,26H,13H2,1-6H3,(H2,32,41)(H2,36,37,38)/t17-,26+/m1/s1. The SMILES string of the molecule is COc1ccc([C@@H](Nc2nc(Nc3cnc(C)c(-n4nccn4)c3)c(C(N)=O)cc2F)[C@H](C)CC(=O)OC(C)(C)C)cc1. The number of anilines is 3. The van der Waals surface area contributed by atoms with Gasteiger partial charge in [-0.1, -0.05) is 19.1 Å². The summed E-state index contributed by atoms with van der Waals surface area (Å²) in [5.41, 5.74) is 7.21. The molecule has 0 fully saturated rings. The number of nitrogens with one attached hydrogen (secondary N) is 2. The molecule has 2 atom stereocenters. The van der Waals surface area contributed by atoms with Crippen molar-refractivity contribution in [3.8, 4) is 11.4 Å². The number of pyridine rings is 2. The highest BCUT2D eigenvalue weighted by Crippen LogP contribution is 2.33. The molecule has 0 aliphatic rings. The van der Waals surface area contributed by atoms with Gasteiger partial charge in [-0.3, -0.25) is 14.6 Å². The first-order valence-corrected chi connectivity index (χ1v) is 13.6. The molecule has 0 aliphatic heterocycles. The van der Waals surface area contributed by atoms with Gasteiger partial charge in [-0.15, -0.1) is 4.80 Å². The zero-order valence-corrected chi connectivity index (χ0v) is 24.9. The minimum Gasteiger partial charge on any atom is -0.497 e. The van der Waals surface area contributed by atoms with Crippen LogP contribution < -0.4 is 21.1 Å². The largest absolute Gasteiger partial charge is 0.497 e. The van der Waals surface area contributed by atoms with Crippen LogP contribution in [0, 0.1) is 18.7 Å². The van der Waals surface area contributed by atoms with Gasteiger partial charge < -0.3 is 25.8 Å². The summed E-state index contributed by atoms with van der Waals surface area (Å²) < 4.78 is 26.3. The van der Waals surface area contributed by atoms with Gasteiger partial charge in [-0.25, -0.2) is 9.37 Å². The molecule has 0 aliphatic carbocycles. The third kappa shape index (κ3) is 7.82. The summed E-state index contributed by atoms with van der Waals surface area (Å²) in [6.45, 7) is 9.03. The molecule has 0 spiro atoms. The summed E-state index contributed by atoms with van der Waals surface area (Å²) >= 11 is 0. The number of benzene rings is 1. The number of ether oxygens (including phenoxy) is 2. The number of carbonyl (C=O) groups excluding carboxylic acids is 2. The summed E-state index contributed by atoms with van der Waals surface area (Å²) in [5, 5.41) is 14.4. The van der Waals surface area contributed by atoms with E-state index in [4.69, 9.17) is 15.2 Å². The zero-order valence-electron chi connectivity index (χ0n) is 24.9. The van der Waals surface area contributed by atoms with Crippen LogP contribution in [-0.2, 0) is 9.53 Å². The molecule has 0 radical (unpaired) electrons. The molecule has 43 heavy (non-hydrogen) atoms. The Morgan fingerprint density at radius 1 is 1.09 bits per heavy atom. The van der Waals surface area contributed by atoms with E-state index in [1.165, 1.54) is 23.4 Å². The van der Waals surface area contributed by atoms with Gasteiger partial charge in [0.2, 0.25) is 0 Å². The number of methoxy groups -OCH3 is 1. The summed E-state index contributed by atoms with van der Waals surface area (Å²) in [7, 11) is 1.56. The van der Waals surface area contributed by atoms with Gasteiger partial charge in [0, 0.05) is 0 Å². The lowest BCUT2D eigenvalue weighted by atomic mass is 9.91. The Balaban J connectivity index is 1.70. The zero-order chi connectivity index (χ0) is 31.3. The van der Waals surface area contributed by atoms with E-state index in [1.54, 1.807) is 53.0 Å². The van der Waals surface area contributed by atoms with E-state index >= 15 is 4.39 Å². The van der Waals surface area contributed by atoms with Crippen LogP contribution in [0.3, 0.4) is 0 Å². The number of aryl methyl sites for hydroxylation is 1. The van der Waals surface area contributed by atoms with Crippen LogP contribution in [0.15, 0.2) is 55.0 Å². The number of hydrogen-bond acceptors (Lipinski definition) is 10. The Hall–Kier alpha value is -5.07. The maximum absolute atomic E-state index is 15.5. The second-order valence-corrected chi connectivity index (χ2v) is 11.0. The number of esters is 1. The Kier molecular flexibility index (Phi) is 9.22. The molecule has 0 saturated carbocycles. The molecule has 3 aromatic heterocycles. The van der Waals surface area contributed by atoms with Crippen molar-refractivity contribution in [3.05, 3.63) is 77.6 Å². The Labute approximate surface area is 248 Å². The molecule has 4 N–H and O–H groups in total. The maximum Gasteiger partial charge on any atom is 0.306 e. The molecule has 226 valence electrons. The molecule has 12 nitrogen and oxygen atoms in total. The fourth-order valence-corrected chi connectivity index (χ4v) is 4.42. The molecular weight excluding hydrogens is 555 g/mol. The van der Waals surface area contributed by atoms with Gasteiger partial charge in [0.15, 0.2) is 11.6 Å². The van der Waals surface area contributed by atoms with Crippen LogP contribution in [0.25, 0.3) is 5.69 Å². The minimum atomic E-state index is -0.875. The fraction of sp³-hybridized carbons (Fsp3) is 0.333. The number of carbonyl (C=O) groups is 2. The van der Waals surface area contributed by atoms with Gasteiger partial charge >= 0.3 is 5.97 Å². The molecule has 1 amide bonds. The van der Waals surface area contributed by atoms with Crippen molar-refractivity contribution >= 4 is 29.2 Å². The number of halogens is 1. The summed E-state index contributed by atoms with van der Waals surface area (Å²) in [6, 6.07) is 9.34. The second-order valence-electron chi connectivity index (χ2n) is 11.0. The van der Waals surface area contributed by atoms with Crippen molar-refractivity contribution in [3.63, 3.8) is 0 Å². The van der Waals surface area contributed by atoms with E-state index in [0.717, 1.165) is 11.6 Å². The summed E-state index contributed by atoms with van der Waals surface area (Å²) in [6.07, 6.45) is 4.65. The lowest BCUT2D eigenvalue weighted by Gasteiger charge is -2.28. The summed E-state index contributed by atoms with van der Waals surface area (Å²) in [4.78, 5) is 35.2. The number of hydrogen-bond donors (Lipinski definition) is 3. The number of nitrogens with two attached hydrogens (primary N) is 1. The van der Waals surface area contributed by atoms with Crippen molar-refractivity contribution in [2.75, 3.05) is 17.7 Å². The predicted molar refractivity (Wildman–Crippen MR) is 159 cm³/mol. The number of aromatic nitrogens is 5. The van der Waals surface area contributed by atoms with Crippen LogP contribution in [0.2, 0.25) is 0 Å². The molecule has 0 saturated heterocycles. The van der Waals surface area contributed by atoms with E-state index < -0.39 is 29.3 Å². The van der Waals surface area contributed by atoms with Gasteiger partial charge in [-0.2, -0.15) is 10.2 Å². The van der Waals surface area contributed by atoms with Crippen LogP contribution >= 0.6 is 0 Å². The highest BCUT2D eigenvalue weighted by molar-refractivity contribution is 5.98. The first-order chi connectivity index (χ1) is 20.3. The first-order valence-electron chi connectivity index (χ1n) is 13.6. The van der Waals surface area contributed by atoms with E-state index in [0.29, 0.717) is 22.8 Å². The van der Waals surface area contributed by atoms with Crippen molar-refractivity contribution in [2.45, 2.75) is 52.7 Å². The number of nitrogens with zero attached hydrogens (tertiary/aromatic N) is 5. The first kappa shape index (κ1) is 30.9. The molecular formula is C30H35FN8O4. The third-order valence-electron chi connectivity index (χ3n) is 6.44. The number of rotatable bonds is 11. The van der Waals surface area contributed by atoms with E-state index in [9.17, 15) is 9.59 Å². The van der Waals surface area contributed by atoms with Gasteiger partial charge in [0.05, 0.1) is 55.1 Å². The fourth-order valence-electron chi connectivity index (χ4n) is 4.42. The van der Waals surface area contributed by atoms with Crippen LogP contribution in [-0.4, -0.2) is 49.5 Å². The van der Waals surface area contributed by atoms with Gasteiger partial charge in [-0.05, 0) is 63.4 Å². The Morgan fingerprint density at radius 3 is 2.37 bits per heavy atom. The average molecular weight is 591 g/mol. The Morgan fingerprint density at radius 2 is 1.77 bits per heavy atom. The number of amides is 1. The normalized spacial score (nSPS) is 12.7. The molecule has 3 heterocycles. The highest BCUT2D eigenvalue weighted by Gasteiger charge is 2.27. The van der Waals surface area contributed by atoms with E-state index in [2.05, 4.69) is 30.8 Å². The third-order valence-corrected chi connectivity index (χ3v) is 6.44. The lowest BCUT2D eigenvalue weighted by molar-refractivity contribution is -0.155. The quantitative estimate of drug-likeness (QED) is 0.206. The topological polar surface area (TPSA) is 159 Å². The molecule has 13 heteroatoms. The smallest absolute Gasteiger partial charge is 0.306 e. The van der Waals surface area contributed by atoms with Crippen LogP contribution in [0.4, 0.5) is 21.7 Å². The van der Waals surface area contributed by atoms with Crippen LogP contribution in [0.1, 0.15) is 61.8 Å². The minimum absolute atomic E-state index is 0.00899. The van der Waals surface area contributed by atoms with Crippen molar-refractivity contribution in [2.24, 2.45) is 11.7 Å². The van der Waals surface area contributed by atoms with Gasteiger partial charge in [0.1, 0.15) is 22.9 Å². The predicted octanol–water partition coefficient (Wildman–Crippen LogP) is 4.88. The molecule has 4 aromatic rings. The lowest BCUT2D eigenvalue weighted by Crippen LogP contribution is -2.28. The van der Waals surface area contributed by atoms with Gasteiger partial charge in [0.25, 0.3) is 5.91 Å². The number of primary amides is 1. The van der Waals surface area contributed by atoms with E-state index in [1.807, 2.05) is 19.1 Å². The van der Waals surface area contributed by atoms with Crippen molar-refractivity contribution in [1.29, 1.82) is 0 Å². The van der Waals surface area contributed by atoms with Crippen LogP contribution in [0.5, 0.6) is 5.75 Å². The monoisotopic (exact) mass is 590 g/mol. The van der Waals surface area contributed by atoms with Crippen molar-refractivity contribution in [1.82, 2.24) is 25.0 Å². The molecule has 0 unspecified atom stereocenters. The molecule has 1 aromatic carbocycles. The summed E-state index contributed by atoms with van der Waals surface area (Å²) in [5.74, 6) is -1.93. The molecule has 4 rings (SSSR count). The maximum atomic E-state index is 15.5. The molecule has 0 bridgehead atoms. The average Bonchev–Trinajstić information content (AvgIpc) is 3.47. The highest BCUT2D eigenvalue weighted by atomic mass is 19.1. The second kappa shape index (κ2) is 12.8. The Bertz CT molecular complexity index is 1590.